The minimum absolute atomic E-state index is 0.182. The predicted molar refractivity (Wildman–Crippen MR) is 70.6 cm³/mol. The summed E-state index contributed by atoms with van der Waals surface area (Å²) in [6.45, 7) is 4.18. The van der Waals surface area contributed by atoms with Crippen LogP contribution in [0.5, 0.6) is 0 Å². The summed E-state index contributed by atoms with van der Waals surface area (Å²) in [5, 5.41) is 11.4. The minimum atomic E-state index is -0.650. The molecule has 1 aromatic rings. The lowest BCUT2D eigenvalue weighted by Gasteiger charge is -2.31. The van der Waals surface area contributed by atoms with Crippen LogP contribution in [-0.2, 0) is 4.79 Å². The van der Waals surface area contributed by atoms with Crippen molar-refractivity contribution in [2.75, 3.05) is 0 Å². The summed E-state index contributed by atoms with van der Waals surface area (Å²) in [6, 6.07) is 0. The van der Waals surface area contributed by atoms with E-state index in [1.807, 2.05) is 12.3 Å². The van der Waals surface area contributed by atoms with Crippen LogP contribution in [0.15, 0.2) is 9.72 Å². The van der Waals surface area contributed by atoms with Crippen LogP contribution in [0.25, 0.3) is 0 Å². The van der Waals surface area contributed by atoms with E-state index in [0.29, 0.717) is 5.92 Å². The van der Waals surface area contributed by atoms with E-state index < -0.39 is 5.97 Å². The van der Waals surface area contributed by atoms with E-state index in [0.717, 1.165) is 29.3 Å². The molecule has 3 nitrogen and oxygen atoms in total. The van der Waals surface area contributed by atoms with E-state index in [1.54, 1.807) is 23.1 Å². The van der Waals surface area contributed by atoms with E-state index in [1.165, 1.54) is 0 Å². The van der Waals surface area contributed by atoms with Crippen molar-refractivity contribution < 1.29 is 9.90 Å². The number of aromatic nitrogens is 1. The first-order valence-electron chi connectivity index (χ1n) is 5.88. The molecule has 1 heterocycles. The molecule has 1 aromatic heterocycles. The molecule has 1 N–H and O–H groups in total. The number of aryl methyl sites for hydroxylation is 1. The molecule has 1 fully saturated rings. The van der Waals surface area contributed by atoms with Crippen molar-refractivity contribution in [1.29, 1.82) is 0 Å². The predicted octanol–water partition coefficient (Wildman–Crippen LogP) is 3.43. The molecule has 94 valence electrons. The maximum absolute atomic E-state index is 11.2. The van der Waals surface area contributed by atoms with E-state index in [4.69, 9.17) is 0 Å². The van der Waals surface area contributed by atoms with Crippen LogP contribution >= 0.6 is 23.1 Å². The zero-order valence-electron chi connectivity index (χ0n) is 10.0. The first kappa shape index (κ1) is 12.9. The van der Waals surface area contributed by atoms with Gasteiger partial charge in [-0.05, 0) is 32.1 Å². The van der Waals surface area contributed by atoms with Crippen LogP contribution in [0.3, 0.4) is 0 Å². The van der Waals surface area contributed by atoms with E-state index >= 15 is 0 Å². The number of nitrogens with zero attached hydrogens (tertiary/aromatic N) is 1. The Kier molecular flexibility index (Phi) is 4.09. The second-order valence-corrected chi connectivity index (χ2v) is 7.12. The first-order valence-corrected chi connectivity index (χ1v) is 7.63. The van der Waals surface area contributed by atoms with Crippen molar-refractivity contribution >= 4 is 29.1 Å². The van der Waals surface area contributed by atoms with E-state index in [9.17, 15) is 9.90 Å². The van der Waals surface area contributed by atoms with Gasteiger partial charge in [-0.3, -0.25) is 4.79 Å². The van der Waals surface area contributed by atoms with Crippen LogP contribution < -0.4 is 0 Å². The number of aliphatic carboxylic acids is 1. The molecular formula is C12H17NO2S2. The summed E-state index contributed by atoms with van der Waals surface area (Å²) in [4.78, 5) is 15.6. The molecular weight excluding hydrogens is 254 g/mol. The average Bonchev–Trinajstić information content (AvgIpc) is 2.63. The van der Waals surface area contributed by atoms with Gasteiger partial charge in [0, 0.05) is 16.3 Å². The fraction of sp³-hybridized carbons (Fsp3) is 0.667. The SMILES string of the molecule is Cc1csc(SC2CC(C)CCC2C(=O)O)n1. The third-order valence-electron chi connectivity index (χ3n) is 3.22. The number of hydrogen-bond donors (Lipinski definition) is 1. The van der Waals surface area contributed by atoms with Gasteiger partial charge in [-0.25, -0.2) is 4.98 Å². The van der Waals surface area contributed by atoms with Crippen molar-refractivity contribution in [3.8, 4) is 0 Å². The fourth-order valence-corrected chi connectivity index (χ4v) is 4.81. The lowest BCUT2D eigenvalue weighted by atomic mass is 9.82. The van der Waals surface area contributed by atoms with Crippen molar-refractivity contribution in [2.24, 2.45) is 11.8 Å². The molecule has 0 radical (unpaired) electrons. The molecule has 0 aliphatic heterocycles. The number of carbonyl (C=O) groups is 1. The Labute approximate surface area is 110 Å². The highest BCUT2D eigenvalue weighted by molar-refractivity contribution is 8.01. The van der Waals surface area contributed by atoms with Crippen LogP contribution in [0.4, 0.5) is 0 Å². The molecule has 3 atom stereocenters. The van der Waals surface area contributed by atoms with Crippen molar-refractivity contribution in [3.63, 3.8) is 0 Å². The van der Waals surface area contributed by atoms with E-state index in [2.05, 4.69) is 11.9 Å². The largest absolute Gasteiger partial charge is 0.481 e. The third kappa shape index (κ3) is 3.22. The van der Waals surface area contributed by atoms with E-state index in [-0.39, 0.29) is 11.2 Å². The van der Waals surface area contributed by atoms with Gasteiger partial charge in [0.05, 0.1) is 5.92 Å². The Bertz CT molecular complexity index is 405. The fourth-order valence-electron chi connectivity index (χ4n) is 2.26. The number of hydrogen-bond acceptors (Lipinski definition) is 4. The van der Waals surface area contributed by atoms with Gasteiger partial charge in [0.1, 0.15) is 4.34 Å². The zero-order valence-corrected chi connectivity index (χ0v) is 11.7. The molecule has 17 heavy (non-hydrogen) atoms. The molecule has 5 heteroatoms. The van der Waals surface area contributed by atoms with Crippen molar-refractivity contribution in [1.82, 2.24) is 4.98 Å². The molecule has 0 spiro atoms. The number of rotatable bonds is 3. The standard InChI is InChI=1S/C12H17NO2S2/c1-7-3-4-9(11(14)15)10(5-7)17-12-13-8(2)6-16-12/h6-7,9-10H,3-5H2,1-2H3,(H,14,15). The number of thioether (sulfide) groups is 1. The summed E-state index contributed by atoms with van der Waals surface area (Å²) in [5.74, 6) is -0.229. The molecule has 0 saturated heterocycles. The lowest BCUT2D eigenvalue weighted by Crippen LogP contribution is -2.31. The van der Waals surface area contributed by atoms with Crippen LogP contribution in [0, 0.1) is 18.8 Å². The quantitative estimate of drug-likeness (QED) is 0.915. The Morgan fingerprint density at radius 1 is 1.59 bits per heavy atom. The van der Waals surface area contributed by atoms with Crippen molar-refractivity contribution in [2.45, 2.75) is 42.7 Å². The molecule has 1 aliphatic rings. The van der Waals surface area contributed by atoms with Gasteiger partial charge in [0.25, 0.3) is 0 Å². The topological polar surface area (TPSA) is 50.2 Å². The van der Waals surface area contributed by atoms with Gasteiger partial charge in [0.15, 0.2) is 0 Å². The summed E-state index contributed by atoms with van der Waals surface area (Å²) in [5.41, 5.74) is 1.02. The maximum Gasteiger partial charge on any atom is 0.307 e. The van der Waals surface area contributed by atoms with Gasteiger partial charge < -0.3 is 5.11 Å². The van der Waals surface area contributed by atoms with Crippen LogP contribution in [0.2, 0.25) is 0 Å². The third-order valence-corrected chi connectivity index (χ3v) is 5.67. The number of carboxylic acids is 1. The second-order valence-electron chi connectivity index (χ2n) is 4.77. The molecule has 0 amide bonds. The Morgan fingerprint density at radius 3 is 2.94 bits per heavy atom. The Morgan fingerprint density at radius 2 is 2.35 bits per heavy atom. The number of carboxylic acid groups (broad SMARTS) is 1. The summed E-state index contributed by atoms with van der Waals surface area (Å²) in [6.07, 6.45) is 2.82. The monoisotopic (exact) mass is 271 g/mol. The van der Waals surface area contributed by atoms with Gasteiger partial charge in [-0.2, -0.15) is 0 Å². The average molecular weight is 271 g/mol. The van der Waals surface area contributed by atoms with Gasteiger partial charge in [-0.15, -0.1) is 11.3 Å². The highest BCUT2D eigenvalue weighted by Gasteiger charge is 2.34. The van der Waals surface area contributed by atoms with Gasteiger partial charge in [0.2, 0.25) is 0 Å². The zero-order chi connectivity index (χ0) is 12.4. The van der Waals surface area contributed by atoms with Crippen LogP contribution in [-0.4, -0.2) is 21.3 Å². The Balaban J connectivity index is 2.07. The minimum Gasteiger partial charge on any atom is -0.481 e. The first-order chi connectivity index (χ1) is 8.06. The number of thiazole rings is 1. The molecule has 0 aromatic carbocycles. The smallest absolute Gasteiger partial charge is 0.307 e. The van der Waals surface area contributed by atoms with Crippen molar-refractivity contribution in [3.05, 3.63) is 11.1 Å². The normalized spacial score (nSPS) is 29.2. The van der Waals surface area contributed by atoms with Gasteiger partial charge in [-0.1, -0.05) is 18.7 Å². The summed E-state index contributed by atoms with van der Waals surface area (Å²) < 4.78 is 1.01. The van der Waals surface area contributed by atoms with Crippen LogP contribution in [0.1, 0.15) is 31.9 Å². The molecule has 2 rings (SSSR count). The molecule has 1 saturated carbocycles. The van der Waals surface area contributed by atoms with Gasteiger partial charge >= 0.3 is 5.97 Å². The highest BCUT2D eigenvalue weighted by atomic mass is 32.2. The second kappa shape index (κ2) is 5.40. The molecule has 3 unspecified atom stereocenters. The Hall–Kier alpha value is -0.550. The summed E-state index contributed by atoms with van der Waals surface area (Å²) >= 11 is 3.27. The lowest BCUT2D eigenvalue weighted by molar-refractivity contribution is -0.142. The maximum atomic E-state index is 11.2. The molecule has 0 bridgehead atoms. The highest BCUT2D eigenvalue weighted by Crippen LogP contribution is 2.40. The summed E-state index contributed by atoms with van der Waals surface area (Å²) in [7, 11) is 0. The molecule has 1 aliphatic carbocycles.